The van der Waals surface area contributed by atoms with Crippen molar-refractivity contribution in [3.63, 3.8) is 0 Å². The SMILES string of the molecule is COc1cc(C(=O)N2CCCCC2)ccc1NCC#Cc1sc2c(N[C@@H]3CCN(C)C[C@@H]3F)cccc2c1CC(F)(F)F. The predicted molar refractivity (Wildman–Crippen MR) is 164 cm³/mol. The van der Waals surface area contributed by atoms with E-state index < -0.39 is 24.8 Å². The lowest BCUT2D eigenvalue weighted by Gasteiger charge is -2.33. The number of likely N-dealkylation sites (tertiary alicyclic amines) is 2. The van der Waals surface area contributed by atoms with Gasteiger partial charge in [0.1, 0.15) is 11.9 Å². The fourth-order valence-corrected chi connectivity index (χ4v) is 6.86. The first-order valence-corrected chi connectivity index (χ1v) is 15.3. The Balaban J connectivity index is 1.35. The highest BCUT2D eigenvalue weighted by molar-refractivity contribution is 7.20. The van der Waals surface area contributed by atoms with Gasteiger partial charge in [-0.3, -0.25) is 4.79 Å². The Morgan fingerprint density at radius 1 is 1.12 bits per heavy atom. The number of methoxy groups -OCH3 is 1. The van der Waals surface area contributed by atoms with Gasteiger partial charge in [0.25, 0.3) is 5.91 Å². The number of benzene rings is 2. The van der Waals surface area contributed by atoms with Crippen molar-refractivity contribution in [2.24, 2.45) is 0 Å². The smallest absolute Gasteiger partial charge is 0.393 e. The van der Waals surface area contributed by atoms with Crippen LogP contribution in [0.2, 0.25) is 0 Å². The van der Waals surface area contributed by atoms with Gasteiger partial charge >= 0.3 is 6.18 Å². The Hall–Kier alpha value is -3.49. The van der Waals surface area contributed by atoms with Crippen LogP contribution in [-0.2, 0) is 6.42 Å². The first-order valence-electron chi connectivity index (χ1n) is 14.5. The third-order valence-corrected chi connectivity index (χ3v) is 9.14. The zero-order chi connectivity index (χ0) is 30.6. The number of rotatable bonds is 7. The van der Waals surface area contributed by atoms with E-state index in [-0.39, 0.29) is 18.0 Å². The van der Waals surface area contributed by atoms with Crippen LogP contribution in [0.15, 0.2) is 36.4 Å². The lowest BCUT2D eigenvalue weighted by Crippen LogP contribution is -2.46. The van der Waals surface area contributed by atoms with Crippen molar-refractivity contribution >= 4 is 38.7 Å². The molecule has 2 aliphatic rings. The van der Waals surface area contributed by atoms with Crippen LogP contribution in [0.25, 0.3) is 10.1 Å². The molecule has 2 fully saturated rings. The van der Waals surface area contributed by atoms with E-state index >= 15 is 0 Å². The quantitative estimate of drug-likeness (QED) is 0.233. The van der Waals surface area contributed by atoms with Crippen LogP contribution < -0.4 is 15.4 Å². The van der Waals surface area contributed by atoms with Gasteiger partial charge in [-0.25, -0.2) is 4.39 Å². The van der Waals surface area contributed by atoms with Crippen LogP contribution in [-0.4, -0.2) is 81.0 Å². The van der Waals surface area contributed by atoms with Gasteiger partial charge in [0.05, 0.1) is 47.1 Å². The molecule has 3 aromatic rings. The number of carbonyl (C=O) groups excluding carboxylic acids is 1. The number of fused-ring (bicyclic) bond motifs is 1. The van der Waals surface area contributed by atoms with Crippen molar-refractivity contribution < 1.29 is 27.1 Å². The molecule has 5 rings (SSSR count). The molecule has 11 heteroatoms. The van der Waals surface area contributed by atoms with Crippen molar-refractivity contribution in [3.8, 4) is 17.6 Å². The van der Waals surface area contributed by atoms with Crippen LogP contribution in [0.1, 0.15) is 46.5 Å². The minimum absolute atomic E-state index is 0.0296. The molecule has 0 spiro atoms. The van der Waals surface area contributed by atoms with Crippen LogP contribution in [0.3, 0.4) is 0 Å². The topological polar surface area (TPSA) is 56.8 Å². The van der Waals surface area contributed by atoms with Crippen molar-refractivity contribution in [2.75, 3.05) is 57.5 Å². The minimum Gasteiger partial charge on any atom is -0.495 e. The van der Waals surface area contributed by atoms with Crippen LogP contribution >= 0.6 is 11.3 Å². The Bertz CT molecular complexity index is 1510. The van der Waals surface area contributed by atoms with Crippen molar-refractivity contribution in [2.45, 2.75) is 50.5 Å². The standard InChI is InChI=1S/C32H36F4N4O2S/c1-39-17-13-25(24(33)20-39)38-27-9-6-8-22-23(19-32(34,35)36)29(43-30(22)27)10-7-14-37-26-12-11-21(18-28(26)42-2)31(41)40-15-4-3-5-16-40/h6,8-9,11-12,18,24-25,37-38H,3-5,13-17,19-20H2,1-2H3/t24-,25+/m0/s1. The molecule has 2 aliphatic heterocycles. The minimum atomic E-state index is -4.41. The Morgan fingerprint density at radius 2 is 1.91 bits per heavy atom. The van der Waals surface area contributed by atoms with E-state index in [4.69, 9.17) is 4.74 Å². The summed E-state index contributed by atoms with van der Waals surface area (Å²) in [5, 5.41) is 6.89. The van der Waals surface area contributed by atoms with Gasteiger partial charge in [0.15, 0.2) is 0 Å². The Morgan fingerprint density at radius 3 is 2.63 bits per heavy atom. The molecule has 0 aliphatic carbocycles. The highest BCUT2D eigenvalue weighted by Gasteiger charge is 2.32. The van der Waals surface area contributed by atoms with Gasteiger partial charge in [-0.1, -0.05) is 24.0 Å². The Labute approximate surface area is 253 Å². The summed E-state index contributed by atoms with van der Waals surface area (Å²) in [5.41, 5.74) is 1.92. The zero-order valence-electron chi connectivity index (χ0n) is 24.3. The number of amides is 1. The van der Waals surface area contributed by atoms with Gasteiger partial charge in [-0.05, 0) is 67.9 Å². The van der Waals surface area contributed by atoms with E-state index in [9.17, 15) is 22.4 Å². The summed E-state index contributed by atoms with van der Waals surface area (Å²) in [6, 6.07) is 9.93. The van der Waals surface area contributed by atoms with Gasteiger partial charge in [-0.2, -0.15) is 13.2 Å². The maximum Gasteiger partial charge on any atom is 0.393 e. The molecule has 43 heavy (non-hydrogen) atoms. The summed E-state index contributed by atoms with van der Waals surface area (Å²) in [7, 11) is 3.39. The summed E-state index contributed by atoms with van der Waals surface area (Å²) in [6.45, 7) is 2.70. The van der Waals surface area contributed by atoms with Gasteiger partial charge in [0.2, 0.25) is 0 Å². The number of nitrogens with zero attached hydrogens (tertiary/aromatic N) is 2. The molecule has 0 saturated carbocycles. The van der Waals surface area contributed by atoms with E-state index in [2.05, 4.69) is 22.5 Å². The number of anilines is 2. The molecule has 0 radical (unpaired) electrons. The molecular formula is C32H36F4N4O2S. The largest absolute Gasteiger partial charge is 0.495 e. The van der Waals surface area contributed by atoms with E-state index in [0.717, 1.165) is 38.9 Å². The second-order valence-electron chi connectivity index (χ2n) is 11.1. The number of piperidine rings is 2. The van der Waals surface area contributed by atoms with Crippen LogP contribution in [0, 0.1) is 11.8 Å². The summed E-state index contributed by atoms with van der Waals surface area (Å²) in [4.78, 5) is 17.0. The maximum atomic E-state index is 14.7. The predicted octanol–water partition coefficient (Wildman–Crippen LogP) is 6.56. The average Bonchev–Trinajstić information content (AvgIpc) is 3.33. The fraction of sp³-hybridized carbons (Fsp3) is 0.469. The third kappa shape index (κ3) is 7.54. The normalized spacial score (nSPS) is 19.5. The summed E-state index contributed by atoms with van der Waals surface area (Å²) >= 11 is 1.19. The average molecular weight is 617 g/mol. The molecule has 2 saturated heterocycles. The number of halogens is 4. The molecule has 2 N–H and O–H groups in total. The molecule has 6 nitrogen and oxygen atoms in total. The Kier molecular flexibility index (Phi) is 9.67. The van der Waals surface area contributed by atoms with Crippen LogP contribution in [0.5, 0.6) is 5.75 Å². The monoisotopic (exact) mass is 616 g/mol. The maximum absolute atomic E-state index is 14.7. The first-order chi connectivity index (χ1) is 20.6. The van der Waals surface area contributed by atoms with E-state index in [1.807, 2.05) is 16.8 Å². The highest BCUT2D eigenvalue weighted by atomic mass is 32.1. The lowest BCUT2D eigenvalue weighted by molar-refractivity contribution is -0.126. The molecule has 230 valence electrons. The molecule has 2 aromatic carbocycles. The lowest BCUT2D eigenvalue weighted by atomic mass is 10.0. The van der Waals surface area contributed by atoms with Gasteiger partial charge < -0.3 is 25.2 Å². The summed E-state index contributed by atoms with van der Waals surface area (Å²) < 4.78 is 61.7. The van der Waals surface area contributed by atoms with Gasteiger partial charge in [-0.15, -0.1) is 11.3 Å². The fourth-order valence-electron chi connectivity index (χ4n) is 5.69. The first kappa shape index (κ1) is 31.0. The van der Waals surface area contributed by atoms with Crippen molar-refractivity contribution in [1.82, 2.24) is 9.80 Å². The number of thiophene rings is 1. The van der Waals surface area contributed by atoms with Gasteiger partial charge in [0, 0.05) is 31.7 Å². The van der Waals surface area contributed by atoms with Crippen molar-refractivity contribution in [1.29, 1.82) is 0 Å². The zero-order valence-corrected chi connectivity index (χ0v) is 25.1. The van der Waals surface area contributed by atoms with Crippen molar-refractivity contribution in [3.05, 3.63) is 52.4 Å². The number of carbonyl (C=O) groups is 1. The molecule has 2 atom stereocenters. The number of nitrogens with one attached hydrogen (secondary N) is 2. The van der Waals surface area contributed by atoms with E-state index in [1.165, 1.54) is 18.4 Å². The number of alkyl halides is 4. The molecule has 3 heterocycles. The van der Waals surface area contributed by atoms with Crippen LogP contribution in [0.4, 0.5) is 28.9 Å². The van der Waals surface area contributed by atoms with E-state index in [1.54, 1.807) is 36.4 Å². The number of ether oxygens (including phenoxy) is 1. The molecule has 1 amide bonds. The molecule has 0 bridgehead atoms. The highest BCUT2D eigenvalue weighted by Crippen LogP contribution is 2.39. The third-order valence-electron chi connectivity index (χ3n) is 7.94. The number of hydrogen-bond acceptors (Lipinski definition) is 6. The molecule has 0 unspecified atom stereocenters. The second kappa shape index (κ2) is 13.4. The molecule has 1 aromatic heterocycles. The van der Waals surface area contributed by atoms with E-state index in [0.29, 0.717) is 50.6 Å². The second-order valence-corrected chi connectivity index (χ2v) is 12.1. The number of hydrogen-bond donors (Lipinski definition) is 2. The molecular weight excluding hydrogens is 580 g/mol. The summed E-state index contributed by atoms with van der Waals surface area (Å²) in [5.74, 6) is 6.36. The summed E-state index contributed by atoms with van der Waals surface area (Å²) in [6.07, 6.45) is -2.86.